The first-order chi connectivity index (χ1) is 12.1. The largest absolute Gasteiger partial charge is 0.364 e. The lowest BCUT2D eigenvalue weighted by molar-refractivity contribution is 0.0994. The van der Waals surface area contributed by atoms with E-state index in [9.17, 15) is 22.8 Å². The topological polar surface area (TPSA) is 78.0 Å². The van der Waals surface area contributed by atoms with Gasteiger partial charge < -0.3 is 5.73 Å². The zero-order valence-electron chi connectivity index (χ0n) is 14.3. The first-order valence-electron chi connectivity index (χ1n) is 8.11. The summed E-state index contributed by atoms with van der Waals surface area (Å²) in [5.41, 5.74) is 3.93. The van der Waals surface area contributed by atoms with Crippen LogP contribution in [0.3, 0.4) is 0 Å². The van der Waals surface area contributed by atoms with Crippen LogP contribution in [-0.2, 0) is 0 Å². The molecule has 0 unspecified atom stereocenters. The van der Waals surface area contributed by atoms with Gasteiger partial charge in [0.2, 0.25) is 0 Å². The number of aryl methyl sites for hydroxylation is 1. The van der Waals surface area contributed by atoms with Crippen molar-refractivity contribution in [1.29, 1.82) is 0 Å². The molecule has 0 saturated heterocycles. The van der Waals surface area contributed by atoms with Crippen LogP contribution in [0.4, 0.5) is 13.2 Å². The van der Waals surface area contributed by atoms with Crippen LogP contribution < -0.4 is 11.3 Å². The Kier molecular flexibility index (Phi) is 4.37. The monoisotopic (exact) mass is 365 g/mol. The maximum atomic E-state index is 14.1. The average Bonchev–Trinajstić information content (AvgIpc) is 3.28. The van der Waals surface area contributed by atoms with Gasteiger partial charge in [0.25, 0.3) is 17.9 Å². The molecule has 1 heterocycles. The quantitative estimate of drug-likeness (QED) is 0.884. The molecule has 1 amide bonds. The number of benzene rings is 1. The van der Waals surface area contributed by atoms with Crippen molar-refractivity contribution >= 4 is 5.91 Å². The van der Waals surface area contributed by atoms with E-state index in [2.05, 4.69) is 4.98 Å². The smallest absolute Gasteiger partial charge is 0.267 e. The van der Waals surface area contributed by atoms with Gasteiger partial charge in [0, 0.05) is 6.07 Å². The lowest BCUT2D eigenvalue weighted by Crippen LogP contribution is -2.34. The number of nitrogens with two attached hydrogens (primary N) is 1. The second kappa shape index (κ2) is 6.26. The molecule has 138 valence electrons. The third-order valence-electron chi connectivity index (χ3n) is 4.91. The molecule has 1 atom stereocenters. The summed E-state index contributed by atoms with van der Waals surface area (Å²) in [6.07, 6.45) is -1.33. The summed E-state index contributed by atoms with van der Waals surface area (Å²) >= 11 is 0. The summed E-state index contributed by atoms with van der Waals surface area (Å²) in [5.74, 6) is -1.58. The molecule has 1 aliphatic carbocycles. The molecular weight excluding hydrogens is 347 g/mol. The molecule has 2 N–H and O–H groups in total. The number of amides is 1. The van der Waals surface area contributed by atoms with Crippen LogP contribution in [0.1, 0.15) is 59.7 Å². The lowest BCUT2D eigenvalue weighted by atomic mass is 9.90. The lowest BCUT2D eigenvalue weighted by Gasteiger charge is -2.28. The summed E-state index contributed by atoms with van der Waals surface area (Å²) in [6, 6.07) is 3.96. The van der Waals surface area contributed by atoms with E-state index in [0.29, 0.717) is 5.56 Å². The first-order valence-corrected chi connectivity index (χ1v) is 8.11. The molecule has 2 aromatic rings. The molecule has 1 fully saturated rings. The number of rotatable bonds is 5. The van der Waals surface area contributed by atoms with Crippen LogP contribution >= 0.6 is 0 Å². The molecule has 0 spiro atoms. The van der Waals surface area contributed by atoms with E-state index in [-0.39, 0.29) is 16.9 Å². The number of nitrogens with zero attached hydrogens (tertiary/aromatic N) is 2. The van der Waals surface area contributed by atoms with E-state index in [1.54, 1.807) is 6.92 Å². The zero-order valence-corrected chi connectivity index (χ0v) is 14.3. The van der Waals surface area contributed by atoms with Crippen LogP contribution in [-0.4, -0.2) is 15.5 Å². The normalized spacial score (nSPS) is 16.5. The summed E-state index contributed by atoms with van der Waals surface area (Å²) < 4.78 is 41.1. The fourth-order valence-corrected chi connectivity index (χ4v) is 3.27. The van der Waals surface area contributed by atoms with Crippen molar-refractivity contribution in [3.63, 3.8) is 0 Å². The highest BCUT2D eigenvalue weighted by Crippen LogP contribution is 2.56. The summed E-state index contributed by atoms with van der Waals surface area (Å²) in [5, 5.41) is 0. The highest BCUT2D eigenvalue weighted by Gasteiger charge is 2.47. The van der Waals surface area contributed by atoms with Crippen molar-refractivity contribution in [2.45, 2.75) is 39.2 Å². The number of alkyl halides is 2. The molecule has 1 saturated carbocycles. The van der Waals surface area contributed by atoms with Gasteiger partial charge in [-0.2, -0.15) is 0 Å². The number of carbonyl (C=O) groups excluding carboxylic acids is 1. The second-order valence-corrected chi connectivity index (χ2v) is 6.90. The number of hydrogen-bond donors (Lipinski definition) is 1. The van der Waals surface area contributed by atoms with Gasteiger partial charge in [0.15, 0.2) is 0 Å². The second-order valence-electron chi connectivity index (χ2n) is 6.90. The number of primary amides is 1. The zero-order chi connectivity index (χ0) is 19.2. The van der Waals surface area contributed by atoms with Gasteiger partial charge in [0.1, 0.15) is 17.3 Å². The van der Waals surface area contributed by atoms with E-state index in [1.807, 2.05) is 6.92 Å². The molecular formula is C18H18F3N3O2. The molecule has 0 radical (unpaired) electrons. The van der Waals surface area contributed by atoms with Gasteiger partial charge in [-0.3, -0.25) is 14.2 Å². The summed E-state index contributed by atoms with van der Waals surface area (Å²) in [4.78, 5) is 28.0. The molecule has 26 heavy (non-hydrogen) atoms. The van der Waals surface area contributed by atoms with Crippen LogP contribution in [0.25, 0.3) is 0 Å². The number of aromatic nitrogens is 2. The highest BCUT2D eigenvalue weighted by molar-refractivity contribution is 5.90. The molecule has 0 bridgehead atoms. The standard InChI is InChI=1S/C18H18F3N3O2/c1-9-23-13(17(22)26)8-14(25)24(9)15(18(2)5-6-18)10-3-4-11(16(20)21)12(19)7-10/h3-4,7-8,15-16H,5-6H2,1-2H3,(H2,22,26)/t15-/m0/s1. The first kappa shape index (κ1) is 18.2. The van der Waals surface area contributed by atoms with Gasteiger partial charge >= 0.3 is 0 Å². The van der Waals surface area contributed by atoms with Crippen molar-refractivity contribution in [3.8, 4) is 0 Å². The third-order valence-corrected chi connectivity index (χ3v) is 4.91. The van der Waals surface area contributed by atoms with Crippen molar-refractivity contribution in [2.24, 2.45) is 11.1 Å². The van der Waals surface area contributed by atoms with Gasteiger partial charge in [-0.25, -0.2) is 18.2 Å². The summed E-state index contributed by atoms with van der Waals surface area (Å²) in [7, 11) is 0. The Morgan fingerprint density at radius 2 is 1.96 bits per heavy atom. The van der Waals surface area contributed by atoms with Crippen LogP contribution in [0.2, 0.25) is 0 Å². The van der Waals surface area contributed by atoms with Gasteiger partial charge in [0.05, 0.1) is 11.6 Å². The van der Waals surface area contributed by atoms with Crippen molar-refractivity contribution in [1.82, 2.24) is 9.55 Å². The van der Waals surface area contributed by atoms with Gasteiger partial charge in [-0.1, -0.05) is 19.1 Å². The van der Waals surface area contributed by atoms with E-state index in [4.69, 9.17) is 5.73 Å². The van der Waals surface area contributed by atoms with Crippen LogP contribution in [0.5, 0.6) is 0 Å². The van der Waals surface area contributed by atoms with E-state index in [1.165, 1.54) is 10.6 Å². The average molecular weight is 365 g/mol. The summed E-state index contributed by atoms with van der Waals surface area (Å²) in [6.45, 7) is 3.49. The van der Waals surface area contributed by atoms with Crippen molar-refractivity contribution in [2.75, 3.05) is 0 Å². The number of halogens is 3. The highest BCUT2D eigenvalue weighted by atomic mass is 19.3. The van der Waals surface area contributed by atoms with Crippen LogP contribution in [0, 0.1) is 18.2 Å². The molecule has 0 aliphatic heterocycles. The van der Waals surface area contributed by atoms with E-state index >= 15 is 0 Å². The fraction of sp³-hybridized carbons (Fsp3) is 0.389. The Morgan fingerprint density at radius 1 is 1.31 bits per heavy atom. The van der Waals surface area contributed by atoms with Crippen LogP contribution in [0.15, 0.2) is 29.1 Å². The predicted molar refractivity (Wildman–Crippen MR) is 88.6 cm³/mol. The Morgan fingerprint density at radius 3 is 2.42 bits per heavy atom. The van der Waals surface area contributed by atoms with E-state index in [0.717, 1.165) is 31.0 Å². The maximum Gasteiger partial charge on any atom is 0.267 e. The Hall–Kier alpha value is -2.64. The maximum absolute atomic E-state index is 14.1. The number of carbonyl (C=O) groups is 1. The minimum Gasteiger partial charge on any atom is -0.364 e. The Bertz CT molecular complexity index is 936. The molecule has 3 rings (SSSR count). The minimum atomic E-state index is -2.92. The van der Waals surface area contributed by atoms with Crippen molar-refractivity contribution in [3.05, 3.63) is 63.1 Å². The molecule has 1 aromatic carbocycles. The molecule has 1 aliphatic rings. The predicted octanol–water partition coefficient (Wildman–Crippen LogP) is 3.12. The molecule has 1 aromatic heterocycles. The number of hydrogen-bond acceptors (Lipinski definition) is 3. The van der Waals surface area contributed by atoms with Gasteiger partial charge in [-0.15, -0.1) is 0 Å². The third kappa shape index (κ3) is 3.11. The van der Waals surface area contributed by atoms with Crippen molar-refractivity contribution < 1.29 is 18.0 Å². The fourth-order valence-electron chi connectivity index (χ4n) is 3.27. The molecule has 8 heteroatoms. The van der Waals surface area contributed by atoms with Gasteiger partial charge in [-0.05, 0) is 36.8 Å². The van der Waals surface area contributed by atoms with E-state index < -0.39 is 35.3 Å². The Labute approximate surface area is 147 Å². The molecule has 5 nitrogen and oxygen atoms in total. The SMILES string of the molecule is Cc1nc(C(N)=O)cc(=O)n1[C@@H](c1ccc(C(F)F)c(F)c1)C1(C)CC1. The minimum absolute atomic E-state index is 0.150. The Balaban J connectivity index is 2.17.